The van der Waals surface area contributed by atoms with Gasteiger partial charge in [-0.05, 0) is 13.3 Å². The number of aromatic amines is 1. The van der Waals surface area contributed by atoms with Gasteiger partial charge in [0.15, 0.2) is 5.16 Å². The van der Waals surface area contributed by atoms with E-state index in [1.165, 1.54) is 0 Å². The molecule has 0 spiro atoms. The van der Waals surface area contributed by atoms with Crippen molar-refractivity contribution in [3.63, 3.8) is 0 Å². The van der Waals surface area contributed by atoms with Gasteiger partial charge >= 0.3 is 5.69 Å². The lowest BCUT2D eigenvalue weighted by Gasteiger charge is -2.03. The summed E-state index contributed by atoms with van der Waals surface area (Å²) in [5.41, 5.74) is -0.129. The lowest BCUT2D eigenvalue weighted by molar-refractivity contribution is 0.164. The zero-order valence-corrected chi connectivity index (χ0v) is 9.97. The first-order valence-corrected chi connectivity index (χ1v) is 6.13. The molecule has 86 valence electrons. The molecule has 1 aromatic heterocycles. The molecule has 0 bridgehead atoms. The maximum atomic E-state index is 11.3. The van der Waals surface area contributed by atoms with Crippen molar-refractivity contribution < 1.29 is 4.74 Å². The Morgan fingerprint density at radius 2 is 2.33 bits per heavy atom. The zero-order chi connectivity index (χ0) is 11.1. The number of hydrogen-bond acceptors (Lipinski definition) is 4. The van der Waals surface area contributed by atoms with Crippen molar-refractivity contribution in [2.45, 2.75) is 32.0 Å². The molecule has 0 atom stereocenters. The Morgan fingerprint density at radius 1 is 1.53 bits per heavy atom. The van der Waals surface area contributed by atoms with Crippen molar-refractivity contribution in [1.82, 2.24) is 14.8 Å². The Balaban J connectivity index is 2.49. The van der Waals surface area contributed by atoms with Crippen LogP contribution in [0.4, 0.5) is 0 Å². The number of ether oxygens (including phenoxy) is 1. The van der Waals surface area contributed by atoms with Gasteiger partial charge in [0.05, 0.1) is 6.61 Å². The average Bonchev–Trinajstić information content (AvgIpc) is 2.57. The van der Waals surface area contributed by atoms with Crippen molar-refractivity contribution in [1.29, 1.82) is 0 Å². The highest BCUT2D eigenvalue weighted by Gasteiger charge is 2.06. The van der Waals surface area contributed by atoms with Crippen LogP contribution in [0, 0.1) is 0 Å². The predicted octanol–water partition coefficient (Wildman–Crippen LogP) is 1.11. The highest BCUT2D eigenvalue weighted by atomic mass is 32.2. The minimum absolute atomic E-state index is 0.129. The van der Waals surface area contributed by atoms with Crippen molar-refractivity contribution in [2.75, 3.05) is 19.0 Å². The summed E-state index contributed by atoms with van der Waals surface area (Å²) >= 11 is 1.54. The number of nitrogens with zero attached hydrogens (tertiary/aromatic N) is 2. The first-order valence-electron chi connectivity index (χ1n) is 5.15. The van der Waals surface area contributed by atoms with E-state index in [0.29, 0.717) is 13.2 Å². The van der Waals surface area contributed by atoms with E-state index < -0.39 is 0 Å². The molecular formula is C9H17N3O2S. The first kappa shape index (κ1) is 12.3. The van der Waals surface area contributed by atoms with Gasteiger partial charge in [0, 0.05) is 18.9 Å². The monoisotopic (exact) mass is 231 g/mol. The fraction of sp³-hybridized carbons (Fsp3) is 0.778. The third kappa shape index (κ3) is 3.71. The summed E-state index contributed by atoms with van der Waals surface area (Å²) in [7, 11) is 0. The molecule has 0 aliphatic rings. The maximum absolute atomic E-state index is 11.3. The van der Waals surface area contributed by atoms with Crippen LogP contribution in [0.5, 0.6) is 0 Å². The van der Waals surface area contributed by atoms with Gasteiger partial charge in [-0.25, -0.2) is 9.89 Å². The minimum Gasteiger partial charge on any atom is -0.381 e. The fourth-order valence-corrected chi connectivity index (χ4v) is 1.99. The summed E-state index contributed by atoms with van der Waals surface area (Å²) in [6.07, 6.45) is 0.929. The second kappa shape index (κ2) is 6.68. The van der Waals surface area contributed by atoms with Crippen molar-refractivity contribution in [3.8, 4) is 0 Å². The molecule has 15 heavy (non-hydrogen) atoms. The van der Waals surface area contributed by atoms with E-state index in [-0.39, 0.29) is 5.69 Å². The molecular weight excluding hydrogens is 214 g/mol. The van der Waals surface area contributed by atoms with E-state index in [0.717, 1.165) is 23.9 Å². The second-order valence-electron chi connectivity index (χ2n) is 3.01. The van der Waals surface area contributed by atoms with Crippen LogP contribution in [-0.2, 0) is 11.3 Å². The zero-order valence-electron chi connectivity index (χ0n) is 9.15. The molecule has 0 radical (unpaired) electrons. The van der Waals surface area contributed by atoms with E-state index in [4.69, 9.17) is 4.74 Å². The van der Waals surface area contributed by atoms with E-state index in [1.54, 1.807) is 16.3 Å². The Hall–Kier alpha value is -0.750. The molecule has 1 aromatic rings. The third-order valence-electron chi connectivity index (χ3n) is 1.83. The molecule has 5 nitrogen and oxygen atoms in total. The number of nitrogens with one attached hydrogen (secondary N) is 1. The predicted molar refractivity (Wildman–Crippen MR) is 60.4 cm³/mol. The van der Waals surface area contributed by atoms with Crippen LogP contribution in [0.3, 0.4) is 0 Å². The molecule has 0 fully saturated rings. The van der Waals surface area contributed by atoms with Gasteiger partial charge in [0.25, 0.3) is 0 Å². The Morgan fingerprint density at radius 3 is 3.00 bits per heavy atom. The van der Waals surface area contributed by atoms with Gasteiger partial charge in [-0.1, -0.05) is 18.7 Å². The topological polar surface area (TPSA) is 59.9 Å². The summed E-state index contributed by atoms with van der Waals surface area (Å²) in [4.78, 5) is 11.3. The number of hydrogen-bond donors (Lipinski definition) is 1. The molecule has 0 saturated carbocycles. The van der Waals surface area contributed by atoms with Crippen LogP contribution >= 0.6 is 11.8 Å². The van der Waals surface area contributed by atoms with Gasteiger partial charge in [-0.3, -0.25) is 4.57 Å². The number of rotatable bonds is 7. The van der Waals surface area contributed by atoms with E-state index in [9.17, 15) is 4.79 Å². The Labute approximate surface area is 93.2 Å². The lowest BCUT2D eigenvalue weighted by Crippen LogP contribution is -2.17. The number of thioether (sulfide) groups is 1. The first-order chi connectivity index (χ1) is 7.29. The molecule has 1 rings (SSSR count). The van der Waals surface area contributed by atoms with E-state index in [2.05, 4.69) is 10.2 Å². The number of H-pyrrole nitrogens is 1. The second-order valence-corrected chi connectivity index (χ2v) is 4.07. The smallest absolute Gasteiger partial charge is 0.343 e. The average molecular weight is 231 g/mol. The van der Waals surface area contributed by atoms with Crippen molar-refractivity contribution in [3.05, 3.63) is 10.5 Å². The minimum atomic E-state index is -0.129. The van der Waals surface area contributed by atoms with E-state index in [1.807, 2.05) is 13.8 Å². The van der Waals surface area contributed by atoms with Crippen LogP contribution in [0.1, 0.15) is 20.3 Å². The normalized spacial score (nSPS) is 10.8. The molecule has 0 unspecified atom stereocenters. The highest BCUT2D eigenvalue weighted by Crippen LogP contribution is 2.12. The largest absolute Gasteiger partial charge is 0.381 e. The summed E-state index contributed by atoms with van der Waals surface area (Å²) in [5.74, 6) is 0.821. The van der Waals surface area contributed by atoms with Crippen molar-refractivity contribution in [2.24, 2.45) is 0 Å². The SMILES string of the molecule is CCCn1c(SCCOCC)n[nH]c1=O. The summed E-state index contributed by atoms with van der Waals surface area (Å²) < 4.78 is 6.88. The summed E-state index contributed by atoms with van der Waals surface area (Å²) in [6.45, 7) is 6.13. The van der Waals surface area contributed by atoms with Crippen LogP contribution in [0.25, 0.3) is 0 Å². The summed E-state index contributed by atoms with van der Waals surface area (Å²) in [6, 6.07) is 0. The standard InChI is InChI=1S/C9H17N3O2S/c1-3-5-12-8(13)10-11-9(12)15-7-6-14-4-2/h3-7H2,1-2H3,(H,10,13). The van der Waals surface area contributed by atoms with E-state index >= 15 is 0 Å². The van der Waals surface area contributed by atoms with Gasteiger partial charge < -0.3 is 4.74 Å². The quantitative estimate of drug-likeness (QED) is 0.564. The third-order valence-corrected chi connectivity index (χ3v) is 2.77. The molecule has 0 aliphatic heterocycles. The van der Waals surface area contributed by atoms with Gasteiger partial charge in [-0.15, -0.1) is 5.10 Å². The summed E-state index contributed by atoms with van der Waals surface area (Å²) in [5, 5.41) is 7.17. The Bertz CT molecular complexity index is 334. The molecule has 0 amide bonds. The molecule has 0 aromatic carbocycles. The molecule has 0 saturated heterocycles. The maximum Gasteiger partial charge on any atom is 0.343 e. The number of aromatic nitrogens is 3. The molecule has 0 aliphatic carbocycles. The highest BCUT2D eigenvalue weighted by molar-refractivity contribution is 7.99. The molecule has 1 N–H and O–H groups in total. The van der Waals surface area contributed by atoms with Gasteiger partial charge in [0.2, 0.25) is 0 Å². The molecule has 1 heterocycles. The lowest BCUT2D eigenvalue weighted by atomic mass is 10.5. The van der Waals surface area contributed by atoms with Crippen LogP contribution in [-0.4, -0.2) is 33.7 Å². The van der Waals surface area contributed by atoms with Crippen molar-refractivity contribution >= 4 is 11.8 Å². The fourth-order valence-electron chi connectivity index (χ4n) is 1.17. The van der Waals surface area contributed by atoms with Gasteiger partial charge in [-0.2, -0.15) is 0 Å². The Kier molecular flexibility index (Phi) is 5.49. The van der Waals surface area contributed by atoms with Gasteiger partial charge in [0.1, 0.15) is 0 Å². The molecule has 6 heteroatoms. The van der Waals surface area contributed by atoms with Crippen LogP contribution < -0.4 is 5.69 Å². The van der Waals surface area contributed by atoms with Crippen LogP contribution in [0.2, 0.25) is 0 Å². The van der Waals surface area contributed by atoms with Crippen LogP contribution in [0.15, 0.2) is 9.95 Å².